The summed E-state index contributed by atoms with van der Waals surface area (Å²) in [6.07, 6.45) is 4.43. The first kappa shape index (κ1) is 12.8. The molecule has 0 radical (unpaired) electrons. The Hall–Kier alpha value is -1.30. The van der Waals surface area contributed by atoms with Crippen LogP contribution in [-0.2, 0) is 6.42 Å². The highest BCUT2D eigenvalue weighted by Crippen LogP contribution is 2.20. The highest BCUT2D eigenvalue weighted by atomic mass is 14.0. The van der Waals surface area contributed by atoms with Crippen molar-refractivity contribution in [3.63, 3.8) is 0 Å². The zero-order valence-electron chi connectivity index (χ0n) is 10.6. The van der Waals surface area contributed by atoms with Crippen molar-refractivity contribution in [2.24, 2.45) is 0 Å². The predicted molar refractivity (Wildman–Crippen MR) is 73.5 cm³/mol. The number of aryl methyl sites for hydroxylation is 1. The van der Waals surface area contributed by atoms with Crippen LogP contribution in [0.25, 0.3) is 5.57 Å². The molecule has 0 heteroatoms. The van der Waals surface area contributed by atoms with Crippen molar-refractivity contribution >= 4 is 5.57 Å². The van der Waals surface area contributed by atoms with Gasteiger partial charge in [-0.15, -0.1) is 6.58 Å². The van der Waals surface area contributed by atoms with Gasteiger partial charge in [0.15, 0.2) is 0 Å². The van der Waals surface area contributed by atoms with Crippen LogP contribution >= 0.6 is 0 Å². The summed E-state index contributed by atoms with van der Waals surface area (Å²) in [6.45, 7) is 12.3. The minimum absolute atomic E-state index is 1.07. The average Bonchev–Trinajstić information content (AvgIpc) is 2.28. The Labute approximate surface area is 99.7 Å². The van der Waals surface area contributed by atoms with Crippen molar-refractivity contribution in [1.82, 2.24) is 0 Å². The fraction of sp³-hybridized carbons (Fsp3) is 0.375. The predicted octanol–water partition coefficient (Wildman–Crippen LogP) is 5.01. The van der Waals surface area contributed by atoms with Gasteiger partial charge in [0, 0.05) is 0 Å². The van der Waals surface area contributed by atoms with E-state index in [-0.39, 0.29) is 0 Å². The van der Waals surface area contributed by atoms with E-state index in [9.17, 15) is 0 Å². The molecule has 1 rings (SSSR count). The molecule has 0 amide bonds. The van der Waals surface area contributed by atoms with Crippen LogP contribution in [0.15, 0.2) is 43.0 Å². The third kappa shape index (κ3) is 4.06. The van der Waals surface area contributed by atoms with E-state index < -0.39 is 0 Å². The van der Waals surface area contributed by atoms with Gasteiger partial charge in [0.1, 0.15) is 0 Å². The molecule has 0 aliphatic heterocycles. The zero-order valence-corrected chi connectivity index (χ0v) is 10.6. The first-order valence-electron chi connectivity index (χ1n) is 6.05. The molecule has 0 fully saturated rings. The fourth-order valence-corrected chi connectivity index (χ4v) is 1.72. The summed E-state index contributed by atoms with van der Waals surface area (Å²) < 4.78 is 0. The van der Waals surface area contributed by atoms with E-state index in [4.69, 9.17) is 0 Å². The highest BCUT2D eigenvalue weighted by Gasteiger charge is 1.99. The minimum Gasteiger partial charge on any atom is -0.100 e. The maximum atomic E-state index is 4.15. The molecule has 0 heterocycles. The van der Waals surface area contributed by atoms with Crippen LogP contribution in [0.5, 0.6) is 0 Å². The SMILES string of the molecule is C=C(C)CCCC(=C)c1ccc(CC)cc1. The van der Waals surface area contributed by atoms with Crippen molar-refractivity contribution in [3.05, 3.63) is 54.1 Å². The highest BCUT2D eigenvalue weighted by molar-refractivity contribution is 5.63. The molecule has 0 aliphatic carbocycles. The summed E-state index contributed by atoms with van der Waals surface area (Å²) in [5.74, 6) is 0. The van der Waals surface area contributed by atoms with Gasteiger partial charge in [-0.1, -0.05) is 43.3 Å². The van der Waals surface area contributed by atoms with E-state index in [0.29, 0.717) is 0 Å². The average molecular weight is 214 g/mol. The van der Waals surface area contributed by atoms with Crippen LogP contribution in [0.1, 0.15) is 44.2 Å². The lowest BCUT2D eigenvalue weighted by Crippen LogP contribution is -1.86. The molecule has 1 aromatic carbocycles. The first-order valence-corrected chi connectivity index (χ1v) is 6.05. The molecular weight excluding hydrogens is 192 g/mol. The molecule has 86 valence electrons. The Morgan fingerprint density at radius 2 is 1.69 bits per heavy atom. The molecular formula is C16H22. The van der Waals surface area contributed by atoms with Crippen molar-refractivity contribution in [3.8, 4) is 0 Å². The van der Waals surface area contributed by atoms with Crippen LogP contribution in [0, 0.1) is 0 Å². The molecule has 0 nitrogen and oxygen atoms in total. The van der Waals surface area contributed by atoms with Crippen LogP contribution in [-0.4, -0.2) is 0 Å². The van der Waals surface area contributed by atoms with E-state index in [1.807, 2.05) is 0 Å². The molecule has 16 heavy (non-hydrogen) atoms. The van der Waals surface area contributed by atoms with E-state index in [2.05, 4.69) is 51.3 Å². The number of benzene rings is 1. The monoisotopic (exact) mass is 214 g/mol. The number of rotatable bonds is 6. The second-order valence-electron chi connectivity index (χ2n) is 4.46. The van der Waals surface area contributed by atoms with Gasteiger partial charge in [0.05, 0.1) is 0 Å². The molecule has 0 spiro atoms. The van der Waals surface area contributed by atoms with Gasteiger partial charge < -0.3 is 0 Å². The van der Waals surface area contributed by atoms with E-state index >= 15 is 0 Å². The van der Waals surface area contributed by atoms with E-state index in [1.54, 1.807) is 0 Å². The second-order valence-corrected chi connectivity index (χ2v) is 4.46. The molecule has 0 saturated carbocycles. The Morgan fingerprint density at radius 1 is 1.06 bits per heavy atom. The Bertz CT molecular complexity index is 354. The van der Waals surface area contributed by atoms with E-state index in [1.165, 1.54) is 22.3 Å². The standard InChI is InChI=1S/C16H22/c1-5-15-9-11-16(12-10-15)14(4)8-6-7-13(2)3/h9-12H,2,4-8H2,1,3H3. The van der Waals surface area contributed by atoms with Gasteiger partial charge in [-0.25, -0.2) is 0 Å². The van der Waals surface area contributed by atoms with Gasteiger partial charge in [-0.2, -0.15) is 0 Å². The van der Waals surface area contributed by atoms with Gasteiger partial charge >= 0.3 is 0 Å². The molecule has 0 unspecified atom stereocenters. The summed E-state index contributed by atoms with van der Waals surface area (Å²) >= 11 is 0. The molecule has 0 aliphatic rings. The fourth-order valence-electron chi connectivity index (χ4n) is 1.72. The Balaban J connectivity index is 2.49. The molecule has 0 atom stereocenters. The summed E-state index contributed by atoms with van der Waals surface area (Å²) in [6, 6.07) is 8.75. The quantitative estimate of drug-likeness (QED) is 0.584. The van der Waals surface area contributed by atoms with Gasteiger partial charge in [0.25, 0.3) is 0 Å². The Morgan fingerprint density at radius 3 is 2.19 bits per heavy atom. The van der Waals surface area contributed by atoms with Crippen LogP contribution in [0.2, 0.25) is 0 Å². The van der Waals surface area contributed by atoms with Crippen LogP contribution in [0.4, 0.5) is 0 Å². The number of hydrogen-bond acceptors (Lipinski definition) is 0. The number of allylic oxidation sites excluding steroid dienone is 2. The topological polar surface area (TPSA) is 0 Å². The summed E-state index contributed by atoms with van der Waals surface area (Å²) in [4.78, 5) is 0. The lowest BCUT2D eigenvalue weighted by Gasteiger charge is -2.06. The lowest BCUT2D eigenvalue weighted by atomic mass is 9.99. The van der Waals surface area contributed by atoms with E-state index in [0.717, 1.165) is 25.7 Å². The summed E-state index contributed by atoms with van der Waals surface area (Å²) in [5, 5.41) is 0. The van der Waals surface area contributed by atoms with Crippen molar-refractivity contribution < 1.29 is 0 Å². The normalized spacial score (nSPS) is 10.1. The smallest absolute Gasteiger partial charge is 0.0230 e. The van der Waals surface area contributed by atoms with Gasteiger partial charge in [-0.05, 0) is 49.3 Å². The Kier molecular flexibility index (Phi) is 5.04. The van der Waals surface area contributed by atoms with Gasteiger partial charge in [0.2, 0.25) is 0 Å². The van der Waals surface area contributed by atoms with Crippen molar-refractivity contribution in [2.45, 2.75) is 39.5 Å². The minimum atomic E-state index is 1.07. The zero-order chi connectivity index (χ0) is 12.0. The summed E-state index contributed by atoms with van der Waals surface area (Å²) in [7, 11) is 0. The van der Waals surface area contributed by atoms with Gasteiger partial charge in [-0.3, -0.25) is 0 Å². The first-order chi connectivity index (χ1) is 7.63. The van der Waals surface area contributed by atoms with Crippen LogP contribution < -0.4 is 0 Å². The largest absolute Gasteiger partial charge is 0.100 e. The third-order valence-electron chi connectivity index (χ3n) is 2.85. The second kappa shape index (κ2) is 6.32. The number of hydrogen-bond donors (Lipinski definition) is 0. The molecule has 0 aromatic heterocycles. The summed E-state index contributed by atoms with van der Waals surface area (Å²) in [5.41, 5.74) is 5.16. The van der Waals surface area contributed by atoms with Crippen molar-refractivity contribution in [2.75, 3.05) is 0 Å². The molecule has 0 bridgehead atoms. The molecule has 1 aromatic rings. The maximum absolute atomic E-state index is 4.15. The maximum Gasteiger partial charge on any atom is -0.0230 e. The molecule has 0 saturated heterocycles. The van der Waals surface area contributed by atoms with Crippen LogP contribution in [0.3, 0.4) is 0 Å². The lowest BCUT2D eigenvalue weighted by molar-refractivity contribution is 0.846. The van der Waals surface area contributed by atoms with Crippen molar-refractivity contribution in [1.29, 1.82) is 0 Å². The third-order valence-corrected chi connectivity index (χ3v) is 2.85. The molecule has 0 N–H and O–H groups in total.